The van der Waals surface area contributed by atoms with Crippen LogP contribution in [0.3, 0.4) is 0 Å². The largest absolute Gasteiger partial charge is 0.378 e. The molecule has 0 spiro atoms. The first-order valence-corrected chi connectivity index (χ1v) is 8.47. The van der Waals surface area contributed by atoms with Crippen molar-refractivity contribution in [1.29, 1.82) is 0 Å². The molecule has 0 saturated carbocycles. The summed E-state index contributed by atoms with van der Waals surface area (Å²) in [6.45, 7) is 4.33. The van der Waals surface area contributed by atoms with Gasteiger partial charge in [-0.2, -0.15) is 17.4 Å². The van der Waals surface area contributed by atoms with E-state index >= 15 is 0 Å². The second-order valence-electron chi connectivity index (χ2n) is 5.07. The Labute approximate surface area is 124 Å². The average Bonchev–Trinajstić information content (AvgIpc) is 2.44. The highest BCUT2D eigenvalue weighted by Crippen LogP contribution is 2.12. The standard InChI is InChI=1S/C12H19N5O3S/c18-21(19,17-2-1-3-17)15-10-11-8-13-12(14-9-11)16-4-6-20-7-5-16/h8-9,15H,1-7,10H2. The number of morpholine rings is 1. The van der Waals surface area contributed by atoms with Crippen LogP contribution in [0.15, 0.2) is 12.4 Å². The SMILES string of the molecule is O=S(=O)(NCc1cnc(N2CCOCC2)nc1)N1CCC1. The van der Waals surface area contributed by atoms with Crippen LogP contribution >= 0.6 is 0 Å². The average molecular weight is 313 g/mol. The molecule has 0 atom stereocenters. The van der Waals surface area contributed by atoms with E-state index in [0.717, 1.165) is 25.1 Å². The van der Waals surface area contributed by atoms with Crippen molar-refractivity contribution >= 4 is 16.2 Å². The second-order valence-corrected chi connectivity index (χ2v) is 6.82. The van der Waals surface area contributed by atoms with E-state index in [1.54, 1.807) is 12.4 Å². The Morgan fingerprint density at radius 3 is 2.38 bits per heavy atom. The minimum atomic E-state index is -3.35. The Bertz CT molecular complexity index is 567. The Kier molecular flexibility index (Phi) is 4.34. The fourth-order valence-electron chi connectivity index (χ4n) is 2.16. The lowest BCUT2D eigenvalue weighted by molar-refractivity contribution is 0.122. The molecule has 0 bridgehead atoms. The monoisotopic (exact) mass is 313 g/mol. The van der Waals surface area contributed by atoms with E-state index in [2.05, 4.69) is 19.6 Å². The third kappa shape index (κ3) is 3.49. The van der Waals surface area contributed by atoms with Gasteiger partial charge in [0, 0.05) is 50.7 Å². The van der Waals surface area contributed by atoms with Crippen LogP contribution in [0.5, 0.6) is 0 Å². The first-order chi connectivity index (χ1) is 10.1. The van der Waals surface area contributed by atoms with Crippen molar-refractivity contribution < 1.29 is 13.2 Å². The van der Waals surface area contributed by atoms with E-state index in [1.165, 1.54) is 4.31 Å². The van der Waals surface area contributed by atoms with Crippen LogP contribution in [-0.4, -0.2) is 62.1 Å². The molecule has 3 rings (SSSR count). The summed E-state index contributed by atoms with van der Waals surface area (Å²) in [5, 5.41) is 0. The molecule has 0 unspecified atom stereocenters. The number of hydrogen-bond donors (Lipinski definition) is 1. The Morgan fingerprint density at radius 2 is 1.81 bits per heavy atom. The van der Waals surface area contributed by atoms with Crippen LogP contribution in [0.4, 0.5) is 5.95 Å². The zero-order valence-electron chi connectivity index (χ0n) is 11.7. The third-order valence-corrected chi connectivity index (χ3v) is 5.15. The minimum absolute atomic E-state index is 0.211. The first-order valence-electron chi connectivity index (χ1n) is 7.03. The van der Waals surface area contributed by atoms with E-state index in [4.69, 9.17) is 4.74 Å². The summed E-state index contributed by atoms with van der Waals surface area (Å²) in [6.07, 6.45) is 4.26. The minimum Gasteiger partial charge on any atom is -0.378 e. The number of aromatic nitrogens is 2. The van der Waals surface area contributed by atoms with Crippen LogP contribution < -0.4 is 9.62 Å². The number of ether oxygens (including phenoxy) is 1. The van der Waals surface area contributed by atoms with Crippen molar-refractivity contribution in [3.05, 3.63) is 18.0 Å². The molecular formula is C12H19N5O3S. The number of anilines is 1. The maximum Gasteiger partial charge on any atom is 0.279 e. The van der Waals surface area contributed by atoms with Crippen LogP contribution in [0.1, 0.15) is 12.0 Å². The molecule has 0 aromatic carbocycles. The summed E-state index contributed by atoms with van der Waals surface area (Å²) in [4.78, 5) is 10.6. The molecule has 2 fully saturated rings. The normalized spacial score (nSPS) is 20.3. The molecular weight excluding hydrogens is 294 g/mol. The molecule has 1 N–H and O–H groups in total. The van der Waals surface area contributed by atoms with E-state index in [9.17, 15) is 8.42 Å². The molecule has 0 radical (unpaired) electrons. The number of nitrogens with zero attached hydrogens (tertiary/aromatic N) is 4. The van der Waals surface area contributed by atoms with Crippen LogP contribution in [0.25, 0.3) is 0 Å². The van der Waals surface area contributed by atoms with Gasteiger partial charge in [0.05, 0.1) is 13.2 Å². The van der Waals surface area contributed by atoms with Crippen molar-refractivity contribution in [3.8, 4) is 0 Å². The van der Waals surface area contributed by atoms with Crippen LogP contribution in [0.2, 0.25) is 0 Å². The molecule has 2 aliphatic heterocycles. The van der Waals surface area contributed by atoms with Crippen molar-refractivity contribution in [3.63, 3.8) is 0 Å². The van der Waals surface area contributed by atoms with E-state index < -0.39 is 10.2 Å². The molecule has 116 valence electrons. The Hall–Kier alpha value is -1.29. The highest BCUT2D eigenvalue weighted by molar-refractivity contribution is 7.87. The Morgan fingerprint density at radius 1 is 1.14 bits per heavy atom. The summed E-state index contributed by atoms with van der Waals surface area (Å²) in [5.74, 6) is 0.660. The van der Waals surface area contributed by atoms with Gasteiger partial charge in [0.2, 0.25) is 5.95 Å². The van der Waals surface area contributed by atoms with Crippen LogP contribution in [0, 0.1) is 0 Å². The third-order valence-electron chi connectivity index (χ3n) is 3.60. The van der Waals surface area contributed by atoms with Gasteiger partial charge in [-0.15, -0.1) is 0 Å². The highest BCUT2D eigenvalue weighted by atomic mass is 32.2. The molecule has 0 aliphatic carbocycles. The van der Waals surface area contributed by atoms with Gasteiger partial charge in [0.25, 0.3) is 10.2 Å². The summed E-state index contributed by atoms with van der Waals surface area (Å²) >= 11 is 0. The van der Waals surface area contributed by atoms with E-state index in [0.29, 0.717) is 32.3 Å². The summed E-state index contributed by atoms with van der Waals surface area (Å²) in [7, 11) is -3.35. The Balaban J connectivity index is 1.56. The zero-order valence-corrected chi connectivity index (χ0v) is 12.5. The molecule has 0 amide bonds. The molecule has 9 heteroatoms. The predicted molar refractivity (Wildman–Crippen MR) is 77.0 cm³/mol. The smallest absolute Gasteiger partial charge is 0.279 e. The highest BCUT2D eigenvalue weighted by Gasteiger charge is 2.27. The zero-order chi connectivity index (χ0) is 14.7. The lowest BCUT2D eigenvalue weighted by Gasteiger charge is -2.29. The lowest BCUT2D eigenvalue weighted by Crippen LogP contribution is -2.47. The van der Waals surface area contributed by atoms with Crippen LogP contribution in [-0.2, 0) is 21.5 Å². The fraction of sp³-hybridized carbons (Fsp3) is 0.667. The molecule has 8 nitrogen and oxygen atoms in total. The van der Waals surface area contributed by atoms with Gasteiger partial charge in [-0.25, -0.2) is 9.97 Å². The molecule has 2 saturated heterocycles. The van der Waals surface area contributed by atoms with Gasteiger partial charge in [-0.05, 0) is 6.42 Å². The lowest BCUT2D eigenvalue weighted by atomic mass is 10.3. The first kappa shape index (κ1) is 14.6. The molecule has 2 aliphatic rings. The van der Waals surface area contributed by atoms with Crippen molar-refractivity contribution in [2.24, 2.45) is 0 Å². The van der Waals surface area contributed by atoms with Gasteiger partial charge in [-0.1, -0.05) is 0 Å². The fourth-order valence-corrected chi connectivity index (χ4v) is 3.43. The van der Waals surface area contributed by atoms with Gasteiger partial charge in [0.1, 0.15) is 0 Å². The number of rotatable bonds is 5. The van der Waals surface area contributed by atoms with Gasteiger partial charge in [0.15, 0.2) is 0 Å². The molecule has 3 heterocycles. The summed E-state index contributed by atoms with van der Waals surface area (Å²) < 4.78 is 33.0. The maximum atomic E-state index is 11.9. The second kappa shape index (κ2) is 6.22. The van der Waals surface area contributed by atoms with Crippen molar-refractivity contribution in [2.45, 2.75) is 13.0 Å². The molecule has 21 heavy (non-hydrogen) atoms. The van der Waals surface area contributed by atoms with E-state index in [1.807, 2.05) is 0 Å². The number of nitrogens with one attached hydrogen (secondary N) is 1. The van der Waals surface area contributed by atoms with Crippen molar-refractivity contribution in [2.75, 3.05) is 44.3 Å². The predicted octanol–water partition coefficient (Wildman–Crippen LogP) is -0.647. The number of hydrogen-bond acceptors (Lipinski definition) is 6. The maximum absolute atomic E-state index is 11.9. The quantitative estimate of drug-likeness (QED) is 0.777. The summed E-state index contributed by atoms with van der Waals surface area (Å²) in [6, 6.07) is 0. The molecule has 1 aromatic rings. The molecule has 1 aromatic heterocycles. The van der Waals surface area contributed by atoms with Gasteiger partial charge < -0.3 is 9.64 Å². The van der Waals surface area contributed by atoms with Crippen molar-refractivity contribution in [1.82, 2.24) is 19.0 Å². The van der Waals surface area contributed by atoms with Gasteiger partial charge >= 0.3 is 0 Å². The van der Waals surface area contributed by atoms with Gasteiger partial charge in [-0.3, -0.25) is 0 Å². The summed E-state index contributed by atoms with van der Waals surface area (Å²) in [5.41, 5.74) is 0.746. The van der Waals surface area contributed by atoms with E-state index in [-0.39, 0.29) is 6.54 Å². The topological polar surface area (TPSA) is 87.7 Å².